The molecule has 0 atom stereocenters. The summed E-state index contributed by atoms with van der Waals surface area (Å²) in [7, 11) is -0.523. The minimum Gasteiger partial charge on any atom is -0.468 e. The topological polar surface area (TPSA) is 90.0 Å². The summed E-state index contributed by atoms with van der Waals surface area (Å²) in [6.07, 6.45) is 0. The summed E-state index contributed by atoms with van der Waals surface area (Å²) in [5.41, 5.74) is 0.0342. The number of rotatable bonds is 5. The Bertz CT molecular complexity index is 658. The zero-order chi connectivity index (χ0) is 16.2. The predicted octanol–water partition coefficient (Wildman–Crippen LogP) is 0.920. The molecule has 1 aromatic rings. The summed E-state index contributed by atoms with van der Waals surface area (Å²) in [6.45, 7) is -0.475. The second-order valence-electron chi connectivity index (χ2n) is 3.97. The van der Waals surface area contributed by atoms with Crippen LogP contribution in [0.4, 0.5) is 0 Å². The molecule has 0 N–H and O–H groups in total. The Kier molecular flexibility index (Phi) is 5.70. The van der Waals surface area contributed by atoms with Crippen molar-refractivity contribution in [2.45, 2.75) is 4.90 Å². The van der Waals surface area contributed by atoms with Gasteiger partial charge in [0.15, 0.2) is 0 Å². The van der Waals surface area contributed by atoms with Gasteiger partial charge in [-0.3, -0.25) is 4.79 Å². The highest BCUT2D eigenvalue weighted by Gasteiger charge is 2.26. The maximum atomic E-state index is 12.3. The summed E-state index contributed by atoms with van der Waals surface area (Å²) in [5, 5.41) is -0.0700. The van der Waals surface area contributed by atoms with Gasteiger partial charge in [-0.15, -0.1) is 0 Å². The number of benzene rings is 1. The zero-order valence-electron chi connectivity index (χ0n) is 11.6. The van der Waals surface area contributed by atoms with E-state index in [1.165, 1.54) is 26.3 Å². The molecule has 0 aromatic heterocycles. The molecule has 0 spiro atoms. The van der Waals surface area contributed by atoms with Crippen molar-refractivity contribution < 1.29 is 27.5 Å². The summed E-state index contributed by atoms with van der Waals surface area (Å²) in [4.78, 5) is 22.3. The van der Waals surface area contributed by atoms with Gasteiger partial charge in [0, 0.05) is 7.05 Å². The molecule has 21 heavy (non-hydrogen) atoms. The van der Waals surface area contributed by atoms with Gasteiger partial charge in [-0.25, -0.2) is 13.2 Å². The fraction of sp³-hybridized carbons (Fsp3) is 0.333. The number of hydrogen-bond acceptors (Lipinski definition) is 6. The van der Waals surface area contributed by atoms with Crippen LogP contribution in [0.5, 0.6) is 0 Å². The van der Waals surface area contributed by atoms with Crippen LogP contribution < -0.4 is 0 Å². The molecule has 0 radical (unpaired) electrons. The van der Waals surface area contributed by atoms with Crippen LogP contribution in [0.15, 0.2) is 23.1 Å². The van der Waals surface area contributed by atoms with Gasteiger partial charge in [0.1, 0.15) is 11.4 Å². The third-order valence-corrected chi connectivity index (χ3v) is 4.90. The van der Waals surface area contributed by atoms with Crippen LogP contribution in [0.2, 0.25) is 5.02 Å². The van der Waals surface area contributed by atoms with E-state index in [4.69, 9.17) is 11.6 Å². The van der Waals surface area contributed by atoms with Crippen molar-refractivity contribution in [1.29, 1.82) is 0 Å². The minimum atomic E-state index is -4.05. The molecule has 1 aromatic carbocycles. The number of nitrogens with zero attached hydrogens (tertiary/aromatic N) is 1. The van der Waals surface area contributed by atoms with Crippen molar-refractivity contribution in [1.82, 2.24) is 4.31 Å². The van der Waals surface area contributed by atoms with Gasteiger partial charge in [0.05, 0.1) is 24.8 Å². The molecule has 116 valence electrons. The number of likely N-dealkylation sites (N-methyl/N-ethyl adjacent to an activating group) is 1. The van der Waals surface area contributed by atoms with Gasteiger partial charge in [0.2, 0.25) is 10.0 Å². The van der Waals surface area contributed by atoms with Gasteiger partial charge in [-0.05, 0) is 18.2 Å². The largest absolute Gasteiger partial charge is 0.468 e. The maximum absolute atomic E-state index is 12.3. The molecule has 0 saturated heterocycles. The number of carbonyl (C=O) groups excluding carboxylic acids is 2. The van der Waals surface area contributed by atoms with Crippen molar-refractivity contribution in [3.05, 3.63) is 28.8 Å². The standard InChI is InChI=1S/C12H14ClNO6S/c1-14(7-11(15)19-2)21(17,18)10-6-8(12(16)20-3)4-5-9(10)13/h4-6H,7H2,1-3H3. The van der Waals surface area contributed by atoms with Gasteiger partial charge in [-0.1, -0.05) is 11.6 Å². The number of methoxy groups -OCH3 is 2. The number of sulfonamides is 1. The average molecular weight is 336 g/mol. The van der Waals surface area contributed by atoms with Crippen LogP contribution >= 0.6 is 11.6 Å². The van der Waals surface area contributed by atoms with Crippen LogP contribution in [0.3, 0.4) is 0 Å². The molecule has 7 nitrogen and oxygen atoms in total. The summed E-state index contributed by atoms with van der Waals surface area (Å²) < 4.78 is 34.4. The molecule has 0 aliphatic heterocycles. The van der Waals surface area contributed by atoms with Crippen LogP contribution in [0.25, 0.3) is 0 Å². The number of esters is 2. The van der Waals surface area contributed by atoms with E-state index in [0.717, 1.165) is 17.5 Å². The first kappa shape index (κ1) is 17.4. The molecule has 1 rings (SSSR count). The monoisotopic (exact) mass is 335 g/mol. The van der Waals surface area contributed by atoms with E-state index in [1.807, 2.05) is 0 Å². The molecule has 0 heterocycles. The highest BCUT2D eigenvalue weighted by Crippen LogP contribution is 2.25. The van der Waals surface area contributed by atoms with E-state index in [0.29, 0.717) is 0 Å². The van der Waals surface area contributed by atoms with Crippen LogP contribution in [-0.4, -0.2) is 52.5 Å². The summed E-state index contributed by atoms with van der Waals surface area (Å²) in [5.74, 6) is -1.42. The first-order chi connectivity index (χ1) is 9.73. The first-order valence-electron chi connectivity index (χ1n) is 5.65. The number of carbonyl (C=O) groups is 2. The van der Waals surface area contributed by atoms with E-state index in [2.05, 4.69) is 9.47 Å². The van der Waals surface area contributed by atoms with Gasteiger partial charge in [-0.2, -0.15) is 4.31 Å². The summed E-state index contributed by atoms with van der Waals surface area (Å²) >= 11 is 5.87. The number of ether oxygens (including phenoxy) is 2. The minimum absolute atomic E-state index is 0.0342. The lowest BCUT2D eigenvalue weighted by Gasteiger charge is -2.17. The molecule has 0 aliphatic carbocycles. The fourth-order valence-corrected chi connectivity index (χ4v) is 3.06. The smallest absolute Gasteiger partial charge is 0.337 e. The van der Waals surface area contributed by atoms with Crippen LogP contribution in [0, 0.1) is 0 Å². The molecular weight excluding hydrogens is 322 g/mol. The van der Waals surface area contributed by atoms with E-state index >= 15 is 0 Å². The van der Waals surface area contributed by atoms with Crippen molar-refractivity contribution in [2.75, 3.05) is 27.8 Å². The van der Waals surface area contributed by atoms with Crippen molar-refractivity contribution in [2.24, 2.45) is 0 Å². The van der Waals surface area contributed by atoms with E-state index in [1.54, 1.807) is 0 Å². The Hall–Kier alpha value is -1.64. The molecule has 0 aliphatic rings. The molecule has 0 fully saturated rings. The third kappa shape index (κ3) is 3.93. The molecule has 9 heteroatoms. The molecule has 0 saturated carbocycles. The van der Waals surface area contributed by atoms with Crippen molar-refractivity contribution >= 4 is 33.6 Å². The molecule has 0 amide bonds. The van der Waals surface area contributed by atoms with Gasteiger partial charge >= 0.3 is 11.9 Å². The van der Waals surface area contributed by atoms with E-state index in [9.17, 15) is 18.0 Å². The van der Waals surface area contributed by atoms with Crippen LogP contribution in [-0.2, 0) is 24.3 Å². The Labute approximate surface area is 127 Å². The van der Waals surface area contributed by atoms with Gasteiger partial charge < -0.3 is 9.47 Å². The molecule has 0 unspecified atom stereocenters. The lowest BCUT2D eigenvalue weighted by Crippen LogP contribution is -2.33. The average Bonchev–Trinajstić information content (AvgIpc) is 2.46. The van der Waals surface area contributed by atoms with Crippen LogP contribution in [0.1, 0.15) is 10.4 Å². The molecular formula is C12H14ClNO6S. The van der Waals surface area contributed by atoms with Gasteiger partial charge in [0.25, 0.3) is 0 Å². The second-order valence-corrected chi connectivity index (χ2v) is 6.39. The predicted molar refractivity (Wildman–Crippen MR) is 74.6 cm³/mol. The first-order valence-corrected chi connectivity index (χ1v) is 7.47. The quantitative estimate of drug-likeness (QED) is 0.743. The maximum Gasteiger partial charge on any atom is 0.337 e. The lowest BCUT2D eigenvalue weighted by molar-refractivity contribution is -0.140. The Balaban J connectivity index is 3.24. The van der Waals surface area contributed by atoms with Crippen molar-refractivity contribution in [3.8, 4) is 0 Å². The van der Waals surface area contributed by atoms with Crippen molar-refractivity contribution in [3.63, 3.8) is 0 Å². The Morgan fingerprint density at radius 2 is 1.86 bits per heavy atom. The lowest BCUT2D eigenvalue weighted by atomic mass is 10.2. The highest BCUT2D eigenvalue weighted by molar-refractivity contribution is 7.89. The highest BCUT2D eigenvalue weighted by atomic mass is 35.5. The summed E-state index contributed by atoms with van der Waals surface area (Å²) in [6, 6.07) is 3.71. The normalized spacial score (nSPS) is 11.3. The zero-order valence-corrected chi connectivity index (χ0v) is 13.2. The molecule has 0 bridgehead atoms. The Morgan fingerprint density at radius 1 is 1.24 bits per heavy atom. The van der Waals surface area contributed by atoms with E-state index in [-0.39, 0.29) is 15.5 Å². The third-order valence-electron chi connectivity index (χ3n) is 2.62. The number of halogens is 1. The number of hydrogen-bond donors (Lipinski definition) is 0. The second kappa shape index (κ2) is 6.88. The fourth-order valence-electron chi connectivity index (χ4n) is 1.45. The SMILES string of the molecule is COC(=O)CN(C)S(=O)(=O)c1cc(C(=O)OC)ccc1Cl. The Morgan fingerprint density at radius 3 is 2.38 bits per heavy atom. The van der Waals surface area contributed by atoms with E-state index < -0.39 is 28.5 Å².